The molecule has 0 saturated carbocycles. The number of amides is 1. The summed E-state index contributed by atoms with van der Waals surface area (Å²) >= 11 is 0. The van der Waals surface area contributed by atoms with Gasteiger partial charge in [-0.15, -0.1) is 0 Å². The van der Waals surface area contributed by atoms with Gasteiger partial charge in [0.2, 0.25) is 5.91 Å². The molecule has 3 nitrogen and oxygen atoms in total. The van der Waals surface area contributed by atoms with E-state index in [9.17, 15) is 9.18 Å². The summed E-state index contributed by atoms with van der Waals surface area (Å²) < 4.78 is 13.2. The number of rotatable bonds is 4. The SMILES string of the molecule is CN(CCc1ccccc1F)C(=O)CN. The lowest BCUT2D eigenvalue weighted by molar-refractivity contribution is -0.128. The number of hydrogen-bond donors (Lipinski definition) is 1. The van der Waals surface area contributed by atoms with Crippen LogP contribution in [-0.2, 0) is 11.2 Å². The molecule has 0 saturated heterocycles. The molecule has 0 aliphatic heterocycles. The van der Waals surface area contributed by atoms with Crippen molar-refractivity contribution >= 4 is 5.91 Å². The van der Waals surface area contributed by atoms with Gasteiger partial charge in [-0.25, -0.2) is 4.39 Å². The molecular weight excluding hydrogens is 195 g/mol. The van der Waals surface area contributed by atoms with Crippen LogP contribution in [0.4, 0.5) is 4.39 Å². The highest BCUT2D eigenvalue weighted by Gasteiger charge is 2.07. The van der Waals surface area contributed by atoms with Gasteiger partial charge in [-0.1, -0.05) is 18.2 Å². The van der Waals surface area contributed by atoms with Gasteiger partial charge in [-0.2, -0.15) is 0 Å². The fraction of sp³-hybridized carbons (Fsp3) is 0.364. The number of nitrogens with zero attached hydrogens (tertiary/aromatic N) is 1. The number of hydrogen-bond acceptors (Lipinski definition) is 2. The Morgan fingerprint density at radius 2 is 2.13 bits per heavy atom. The van der Waals surface area contributed by atoms with E-state index in [1.165, 1.54) is 11.0 Å². The second kappa shape index (κ2) is 5.46. The minimum Gasteiger partial charge on any atom is -0.344 e. The van der Waals surface area contributed by atoms with Gasteiger partial charge in [0.25, 0.3) is 0 Å². The summed E-state index contributed by atoms with van der Waals surface area (Å²) in [6.07, 6.45) is 0.509. The van der Waals surface area contributed by atoms with Crippen molar-refractivity contribution in [3.63, 3.8) is 0 Å². The van der Waals surface area contributed by atoms with Gasteiger partial charge in [-0.05, 0) is 18.1 Å². The summed E-state index contributed by atoms with van der Waals surface area (Å²) in [5.74, 6) is -0.363. The Hall–Kier alpha value is -1.42. The topological polar surface area (TPSA) is 46.3 Å². The van der Waals surface area contributed by atoms with Gasteiger partial charge in [0.05, 0.1) is 6.54 Å². The van der Waals surface area contributed by atoms with Crippen LogP contribution < -0.4 is 5.73 Å². The van der Waals surface area contributed by atoms with E-state index in [1.54, 1.807) is 25.2 Å². The van der Waals surface area contributed by atoms with Crippen molar-refractivity contribution in [1.82, 2.24) is 4.90 Å². The van der Waals surface area contributed by atoms with Crippen LogP contribution in [0.15, 0.2) is 24.3 Å². The molecule has 4 heteroatoms. The summed E-state index contributed by atoms with van der Waals surface area (Å²) in [6, 6.07) is 6.56. The van der Waals surface area contributed by atoms with E-state index >= 15 is 0 Å². The fourth-order valence-electron chi connectivity index (χ4n) is 1.27. The van der Waals surface area contributed by atoms with E-state index in [2.05, 4.69) is 0 Å². The first-order valence-corrected chi connectivity index (χ1v) is 4.82. The van der Waals surface area contributed by atoms with Gasteiger partial charge >= 0.3 is 0 Å². The van der Waals surface area contributed by atoms with Crippen molar-refractivity contribution in [3.8, 4) is 0 Å². The van der Waals surface area contributed by atoms with Crippen molar-refractivity contribution < 1.29 is 9.18 Å². The third-order valence-corrected chi connectivity index (χ3v) is 2.27. The van der Waals surface area contributed by atoms with E-state index in [0.717, 1.165) is 0 Å². The molecular formula is C11H15FN2O. The maximum atomic E-state index is 13.2. The Morgan fingerprint density at radius 1 is 1.47 bits per heavy atom. The highest BCUT2D eigenvalue weighted by Crippen LogP contribution is 2.07. The first-order valence-electron chi connectivity index (χ1n) is 4.82. The van der Waals surface area contributed by atoms with Gasteiger partial charge in [0, 0.05) is 13.6 Å². The molecule has 15 heavy (non-hydrogen) atoms. The highest BCUT2D eigenvalue weighted by atomic mass is 19.1. The maximum Gasteiger partial charge on any atom is 0.236 e. The van der Waals surface area contributed by atoms with Crippen LogP contribution in [0.2, 0.25) is 0 Å². The third kappa shape index (κ3) is 3.32. The van der Waals surface area contributed by atoms with Crippen LogP contribution in [0, 0.1) is 5.82 Å². The molecule has 2 N–H and O–H groups in total. The molecule has 0 spiro atoms. The Morgan fingerprint density at radius 3 is 2.73 bits per heavy atom. The third-order valence-electron chi connectivity index (χ3n) is 2.27. The molecule has 1 rings (SSSR count). The van der Waals surface area contributed by atoms with E-state index in [-0.39, 0.29) is 18.3 Å². The largest absolute Gasteiger partial charge is 0.344 e. The quantitative estimate of drug-likeness (QED) is 0.798. The lowest BCUT2D eigenvalue weighted by Crippen LogP contribution is -2.34. The van der Waals surface area contributed by atoms with Crippen molar-refractivity contribution in [2.24, 2.45) is 5.73 Å². The zero-order chi connectivity index (χ0) is 11.3. The number of benzene rings is 1. The number of likely N-dealkylation sites (N-methyl/N-ethyl adjacent to an activating group) is 1. The molecule has 1 aromatic carbocycles. The van der Waals surface area contributed by atoms with Crippen LogP contribution in [-0.4, -0.2) is 30.9 Å². The van der Waals surface area contributed by atoms with Crippen LogP contribution in [0.3, 0.4) is 0 Å². The van der Waals surface area contributed by atoms with Gasteiger partial charge in [0.1, 0.15) is 5.82 Å². The molecule has 0 atom stereocenters. The lowest BCUT2D eigenvalue weighted by Gasteiger charge is -2.15. The second-order valence-corrected chi connectivity index (χ2v) is 3.36. The highest BCUT2D eigenvalue weighted by molar-refractivity contribution is 5.77. The predicted octanol–water partition coefficient (Wildman–Crippen LogP) is 0.785. The Kier molecular flexibility index (Phi) is 4.24. The Balaban J connectivity index is 2.50. The van der Waals surface area contributed by atoms with E-state index in [1.807, 2.05) is 0 Å². The Labute approximate surface area is 88.7 Å². The fourth-order valence-corrected chi connectivity index (χ4v) is 1.27. The van der Waals surface area contributed by atoms with Crippen LogP contribution in [0.5, 0.6) is 0 Å². The summed E-state index contributed by atoms with van der Waals surface area (Å²) in [5, 5.41) is 0. The molecule has 1 amide bonds. The van der Waals surface area contributed by atoms with Gasteiger partial charge < -0.3 is 10.6 Å². The van der Waals surface area contributed by atoms with Crippen LogP contribution in [0.25, 0.3) is 0 Å². The molecule has 0 unspecified atom stereocenters. The van der Waals surface area contributed by atoms with Gasteiger partial charge in [-0.3, -0.25) is 4.79 Å². The van der Waals surface area contributed by atoms with Gasteiger partial charge in [0.15, 0.2) is 0 Å². The van der Waals surface area contributed by atoms with E-state index < -0.39 is 0 Å². The molecule has 0 aromatic heterocycles. The maximum absolute atomic E-state index is 13.2. The molecule has 0 bridgehead atoms. The monoisotopic (exact) mass is 210 g/mol. The summed E-state index contributed by atoms with van der Waals surface area (Å²) in [6.45, 7) is 0.477. The molecule has 1 aromatic rings. The lowest BCUT2D eigenvalue weighted by atomic mass is 10.1. The number of carbonyl (C=O) groups is 1. The minimum absolute atomic E-state index is 0.00618. The first-order chi connectivity index (χ1) is 7.15. The van der Waals surface area contributed by atoms with E-state index in [0.29, 0.717) is 18.5 Å². The number of halogens is 1. The van der Waals surface area contributed by atoms with Crippen molar-refractivity contribution in [1.29, 1.82) is 0 Å². The smallest absolute Gasteiger partial charge is 0.236 e. The standard InChI is InChI=1S/C11H15FN2O/c1-14(11(15)8-13)7-6-9-4-2-3-5-10(9)12/h2-5H,6-8,13H2,1H3. The molecule has 0 aliphatic carbocycles. The van der Waals surface area contributed by atoms with Crippen molar-refractivity contribution in [3.05, 3.63) is 35.6 Å². The average Bonchev–Trinajstić information content (AvgIpc) is 2.26. The number of nitrogens with two attached hydrogens (primary N) is 1. The minimum atomic E-state index is -0.230. The van der Waals surface area contributed by atoms with E-state index in [4.69, 9.17) is 5.73 Å². The zero-order valence-corrected chi connectivity index (χ0v) is 8.74. The molecule has 82 valence electrons. The Bertz CT molecular complexity index is 341. The zero-order valence-electron chi connectivity index (χ0n) is 8.74. The molecule has 0 fully saturated rings. The van der Waals surface area contributed by atoms with Crippen molar-refractivity contribution in [2.75, 3.05) is 20.1 Å². The average molecular weight is 210 g/mol. The summed E-state index contributed by atoms with van der Waals surface area (Å²) in [7, 11) is 1.66. The molecule has 0 radical (unpaired) electrons. The summed E-state index contributed by atoms with van der Waals surface area (Å²) in [4.78, 5) is 12.6. The molecule has 0 heterocycles. The van der Waals surface area contributed by atoms with Crippen LogP contribution in [0.1, 0.15) is 5.56 Å². The second-order valence-electron chi connectivity index (χ2n) is 3.36. The summed E-state index contributed by atoms with van der Waals surface area (Å²) in [5.41, 5.74) is 5.83. The molecule has 0 aliphatic rings. The predicted molar refractivity (Wildman–Crippen MR) is 56.8 cm³/mol. The first kappa shape index (κ1) is 11.7. The van der Waals surface area contributed by atoms with Crippen LogP contribution >= 0.6 is 0 Å². The number of carbonyl (C=O) groups excluding carboxylic acids is 1. The van der Waals surface area contributed by atoms with Crippen molar-refractivity contribution in [2.45, 2.75) is 6.42 Å². The normalized spacial score (nSPS) is 10.1.